The van der Waals surface area contributed by atoms with Gasteiger partial charge in [-0.25, -0.2) is 14.4 Å². The molecule has 0 aliphatic carbocycles. The Kier molecular flexibility index (Phi) is 30.3. The van der Waals surface area contributed by atoms with Crippen molar-refractivity contribution < 1.29 is 63.4 Å². The summed E-state index contributed by atoms with van der Waals surface area (Å²) in [4.78, 5) is 85.7. The second-order valence-electron chi connectivity index (χ2n) is 22.8. The van der Waals surface area contributed by atoms with Crippen LogP contribution in [0.3, 0.4) is 0 Å². The quantitative estimate of drug-likeness (QED) is 0.0465. The molecule has 86 heavy (non-hydrogen) atoms. The first-order chi connectivity index (χ1) is 41.1. The average Bonchev–Trinajstić information content (AvgIpc) is 1.39. The number of aryl methyl sites for hydroxylation is 1. The molecule has 0 saturated carbocycles. The molecule has 24 nitrogen and oxygen atoms in total. The van der Waals surface area contributed by atoms with E-state index in [0.717, 1.165) is 77.1 Å². The number of benzene rings is 2. The van der Waals surface area contributed by atoms with E-state index in [4.69, 9.17) is 41.9 Å². The number of nitrogens with two attached hydrogens (primary N) is 1. The molecule has 3 aliphatic heterocycles. The van der Waals surface area contributed by atoms with Crippen molar-refractivity contribution >= 4 is 63.9 Å². The summed E-state index contributed by atoms with van der Waals surface area (Å²) in [6, 6.07) is 10.7. The second-order valence-corrected chi connectivity index (χ2v) is 23.2. The summed E-state index contributed by atoms with van der Waals surface area (Å²) < 4.78 is 25.6. The van der Waals surface area contributed by atoms with Crippen molar-refractivity contribution in [2.24, 2.45) is 17.6 Å². The Morgan fingerprint density at radius 1 is 0.721 bits per heavy atom. The van der Waals surface area contributed by atoms with Crippen LogP contribution in [0.5, 0.6) is 0 Å². The van der Waals surface area contributed by atoms with Gasteiger partial charge in [0.25, 0.3) is 0 Å². The molecule has 0 atom stereocenters. The molecule has 3 aliphatic rings. The number of imidazole rings is 1. The number of aliphatic carboxylic acids is 3. The predicted octanol–water partition coefficient (Wildman–Crippen LogP) is 3.64. The number of rotatable bonds is 24. The molecule has 2 aromatic heterocycles. The lowest BCUT2D eigenvalue weighted by Crippen LogP contribution is -2.50. The minimum absolute atomic E-state index is 0.0540. The van der Waals surface area contributed by atoms with Gasteiger partial charge < -0.3 is 65.7 Å². The van der Waals surface area contributed by atoms with Gasteiger partial charge in [-0.15, -0.1) is 0 Å². The van der Waals surface area contributed by atoms with Gasteiger partial charge in [0.2, 0.25) is 11.8 Å². The number of aromatic amines is 1. The number of fused-ring (bicyclic) bond motifs is 1. The maximum atomic E-state index is 14.7. The van der Waals surface area contributed by atoms with E-state index in [2.05, 4.69) is 47.8 Å². The Morgan fingerprint density at radius 2 is 1.29 bits per heavy atom. The SMILES string of the molecule is CC(C)CCO.CC(C)COCCOCCNC(=O)CN1CCN(CC(=O)O)CCN(CC(=O)O)CCN(CC(=O)O)CC1.Cc1cc(F)cc(-c2cnc(N3CCN(C(=O)CCO)CC3)c(-c3nc4ccc(Cl)cc4[nH]3)c2N2CCC(N)CC2)c1. The van der Waals surface area contributed by atoms with Crippen LogP contribution in [0, 0.1) is 24.6 Å². The molecule has 9 N–H and O–H groups in total. The zero-order valence-electron chi connectivity index (χ0n) is 50.7. The molecule has 0 unspecified atom stereocenters. The molecule has 0 bridgehead atoms. The average molecular weight is 1230 g/mol. The number of hydrogen-bond acceptors (Lipinski definition) is 18. The standard InChI is InChI=1S/C31H35ClFN7O2.C24H45N5O9.C5H12O/c1-19-14-20(16-22(33)15-19)24-18-35-31(40-11-9-38(10-12-40)27(42)6-13-41)28(29(24)39-7-4-23(34)5-8-39)30-36-25-3-2-21(32)17-26(25)37-30;1-20(2)19-38-14-13-37-12-3-25-21(30)15-26-4-6-27(16-22(31)32)8-10-29(18-24(35)36)11-9-28(7-5-26)17-23(33)34;1-5(2)3-4-6/h2-3,14-18,23,41H,4-13,34H2,1H3,(H,36,37);20H,3-19H2,1-2H3,(H,25,30)(H,31,32)(H,33,34)(H,35,36);5-6H,3-4H2,1-2H3. The molecule has 2 amide bonds. The van der Waals surface area contributed by atoms with E-state index in [-0.39, 0.29) is 62.9 Å². The van der Waals surface area contributed by atoms with Gasteiger partial charge >= 0.3 is 17.9 Å². The second kappa shape index (κ2) is 36.9. The first kappa shape index (κ1) is 70.6. The van der Waals surface area contributed by atoms with Crippen LogP contribution in [-0.4, -0.2) is 265 Å². The number of carbonyl (C=O) groups is 5. The summed E-state index contributed by atoms with van der Waals surface area (Å²) in [5.41, 5.74) is 12.0. The molecular formula is C60H92ClFN12O12. The predicted molar refractivity (Wildman–Crippen MR) is 329 cm³/mol. The normalized spacial score (nSPS) is 16.5. The van der Waals surface area contributed by atoms with E-state index in [1.54, 1.807) is 25.7 Å². The third kappa shape index (κ3) is 24.6. The molecule has 2 aromatic carbocycles. The van der Waals surface area contributed by atoms with Gasteiger partial charge in [0, 0.05) is 141 Å². The third-order valence-corrected chi connectivity index (χ3v) is 14.9. The fourth-order valence-corrected chi connectivity index (χ4v) is 10.3. The van der Waals surface area contributed by atoms with Crippen LogP contribution in [0.25, 0.3) is 33.5 Å². The number of nitrogens with one attached hydrogen (secondary N) is 2. The lowest BCUT2D eigenvalue weighted by molar-refractivity contribution is -0.140. The summed E-state index contributed by atoms with van der Waals surface area (Å²) in [6.07, 6.45) is 4.55. The van der Waals surface area contributed by atoms with Gasteiger partial charge in [0.1, 0.15) is 17.5 Å². The number of piperidine rings is 1. The summed E-state index contributed by atoms with van der Waals surface area (Å²) in [7, 11) is 0. The number of amides is 2. The molecular weight excluding hydrogens is 1140 g/mol. The van der Waals surface area contributed by atoms with Crippen molar-refractivity contribution in [3.05, 3.63) is 59.0 Å². The number of carboxylic acid groups (broad SMARTS) is 3. The Hall–Kier alpha value is -6.13. The number of hydrogen-bond donors (Lipinski definition) is 8. The summed E-state index contributed by atoms with van der Waals surface area (Å²) in [5.74, 6) is -1.06. The van der Waals surface area contributed by atoms with Crippen molar-refractivity contribution in [2.45, 2.75) is 66.3 Å². The molecule has 3 saturated heterocycles. The van der Waals surface area contributed by atoms with Crippen molar-refractivity contribution in [1.29, 1.82) is 0 Å². The number of nitrogens with zero attached hydrogens (tertiary/aromatic N) is 9. The van der Waals surface area contributed by atoms with Crippen molar-refractivity contribution in [3.63, 3.8) is 0 Å². The van der Waals surface area contributed by atoms with Crippen LogP contribution in [0.4, 0.5) is 15.9 Å². The Labute approximate surface area is 509 Å². The fourth-order valence-electron chi connectivity index (χ4n) is 10.1. The molecule has 3 fully saturated rings. The molecule has 0 spiro atoms. The van der Waals surface area contributed by atoms with Crippen LogP contribution < -0.4 is 20.9 Å². The molecule has 0 radical (unpaired) electrons. The van der Waals surface area contributed by atoms with E-state index >= 15 is 0 Å². The van der Waals surface area contributed by atoms with Gasteiger partial charge in [-0.05, 0) is 79.5 Å². The van der Waals surface area contributed by atoms with Crippen molar-refractivity contribution in [2.75, 3.05) is 174 Å². The largest absolute Gasteiger partial charge is 0.480 e. The lowest BCUT2D eigenvalue weighted by atomic mass is 9.96. The van der Waals surface area contributed by atoms with E-state index in [1.807, 2.05) is 42.3 Å². The van der Waals surface area contributed by atoms with Gasteiger partial charge in [-0.1, -0.05) is 45.4 Å². The van der Waals surface area contributed by atoms with Crippen LogP contribution in [0.2, 0.25) is 5.02 Å². The maximum Gasteiger partial charge on any atom is 0.317 e. The van der Waals surface area contributed by atoms with E-state index in [9.17, 15) is 48.8 Å². The topological polar surface area (TPSA) is 307 Å². The summed E-state index contributed by atoms with van der Waals surface area (Å²) in [5, 5.41) is 48.7. The van der Waals surface area contributed by atoms with Crippen molar-refractivity contribution in [1.82, 2.24) is 44.8 Å². The number of halogens is 2. The zero-order valence-corrected chi connectivity index (χ0v) is 51.5. The number of pyridine rings is 1. The molecule has 7 rings (SSSR count). The first-order valence-corrected chi connectivity index (χ1v) is 30.2. The molecule has 478 valence electrons. The maximum absolute atomic E-state index is 14.7. The first-order valence-electron chi connectivity index (χ1n) is 29.8. The van der Waals surface area contributed by atoms with Gasteiger partial charge in [0.05, 0.1) is 74.9 Å². The lowest BCUT2D eigenvalue weighted by Gasteiger charge is -2.39. The number of ether oxygens (including phenoxy) is 2. The van der Waals surface area contributed by atoms with Crippen LogP contribution in [0.1, 0.15) is 58.9 Å². The van der Waals surface area contributed by atoms with Crippen LogP contribution in [0.15, 0.2) is 42.6 Å². The highest BCUT2D eigenvalue weighted by atomic mass is 35.5. The Balaban J connectivity index is 0.000000288. The third-order valence-electron chi connectivity index (χ3n) is 14.7. The number of aliphatic hydroxyl groups excluding tert-OH is 2. The number of carboxylic acids is 3. The summed E-state index contributed by atoms with van der Waals surface area (Å²) >= 11 is 6.32. The molecule has 5 heterocycles. The zero-order chi connectivity index (χ0) is 62.7. The van der Waals surface area contributed by atoms with E-state index in [0.29, 0.717) is 141 Å². The molecule has 4 aromatic rings. The van der Waals surface area contributed by atoms with Gasteiger partial charge in [0.15, 0.2) is 0 Å². The summed E-state index contributed by atoms with van der Waals surface area (Å²) in [6.45, 7) is 18.6. The Morgan fingerprint density at radius 3 is 1.80 bits per heavy atom. The van der Waals surface area contributed by atoms with Crippen molar-refractivity contribution in [3.8, 4) is 22.5 Å². The number of aromatic nitrogens is 3. The number of carbonyl (C=O) groups excluding carboxylic acids is 2. The number of H-pyrrole nitrogens is 1. The van der Waals surface area contributed by atoms with Gasteiger partial charge in [-0.3, -0.25) is 43.6 Å². The van der Waals surface area contributed by atoms with E-state index < -0.39 is 17.9 Å². The smallest absolute Gasteiger partial charge is 0.317 e. The number of piperazine rings is 1. The highest BCUT2D eigenvalue weighted by molar-refractivity contribution is 6.31. The number of anilines is 2. The van der Waals surface area contributed by atoms with Crippen LogP contribution >= 0.6 is 11.6 Å². The van der Waals surface area contributed by atoms with E-state index in [1.165, 1.54) is 6.07 Å². The monoisotopic (exact) mass is 1230 g/mol. The molecule has 26 heteroatoms. The Bertz CT molecular complexity index is 2710. The van der Waals surface area contributed by atoms with Gasteiger partial charge in [-0.2, -0.15) is 0 Å². The minimum Gasteiger partial charge on any atom is -0.480 e. The van der Waals surface area contributed by atoms with Crippen LogP contribution in [-0.2, 0) is 33.4 Å². The fraction of sp³-hybridized carbons (Fsp3) is 0.617. The highest BCUT2D eigenvalue weighted by Gasteiger charge is 2.32. The highest BCUT2D eigenvalue weighted by Crippen LogP contribution is 2.45. The minimum atomic E-state index is -1.01. The number of aliphatic hydroxyl groups is 2.